The van der Waals surface area contributed by atoms with Gasteiger partial charge in [-0.05, 0) is 37.3 Å². The van der Waals surface area contributed by atoms with E-state index in [1.54, 1.807) is 25.3 Å². The monoisotopic (exact) mass is 350 g/mol. The van der Waals surface area contributed by atoms with Crippen molar-refractivity contribution in [3.05, 3.63) is 65.9 Å². The van der Waals surface area contributed by atoms with Crippen LogP contribution >= 0.6 is 0 Å². The molecule has 3 rings (SSSR count). The Kier molecular flexibility index (Phi) is 4.84. The quantitative estimate of drug-likeness (QED) is 0.435. The third-order valence-corrected chi connectivity index (χ3v) is 4.00. The molecule has 0 aliphatic carbocycles. The van der Waals surface area contributed by atoms with Gasteiger partial charge in [-0.1, -0.05) is 18.2 Å². The van der Waals surface area contributed by atoms with Gasteiger partial charge in [0.25, 0.3) is 11.7 Å². The second-order valence-electron chi connectivity index (χ2n) is 5.75. The Bertz CT molecular complexity index is 987. The number of ether oxygens (including phenoxy) is 1. The summed E-state index contributed by atoms with van der Waals surface area (Å²) in [6.07, 6.45) is 1.65. The lowest BCUT2D eigenvalue weighted by Gasteiger charge is -2.06. The average Bonchev–Trinajstić information content (AvgIpc) is 2.99. The highest BCUT2D eigenvalue weighted by atomic mass is 16.5. The Hall–Kier alpha value is -3.41. The minimum atomic E-state index is -0.731. The van der Waals surface area contributed by atoms with Crippen LogP contribution in [0, 0.1) is 0 Å². The maximum absolute atomic E-state index is 12.5. The number of hydrogen-bond acceptors (Lipinski definition) is 4. The molecule has 0 saturated heterocycles. The molecule has 0 saturated carbocycles. The first-order chi connectivity index (χ1) is 12.5. The Morgan fingerprint density at radius 2 is 1.73 bits per heavy atom. The second kappa shape index (κ2) is 7.23. The number of amides is 1. The number of Topliss-reactive ketones (excluding diaryl/α,β-unsaturated/α-hetero) is 1. The van der Waals surface area contributed by atoms with Crippen molar-refractivity contribution in [3.8, 4) is 0 Å². The highest BCUT2D eigenvalue weighted by molar-refractivity contribution is 6.48. The fraction of sp³-hybridized carbons (Fsp3) is 0.150. The Balaban J connectivity index is 1.77. The standard InChI is InChI=1S/C20H18N2O4/c1-3-26-20(25)13-8-10-14(11-9-13)21-19(24)18(23)16-12-22(2)17-7-5-4-6-15(16)17/h4-12H,3H2,1-2H3,(H,21,24). The number of carbonyl (C=O) groups is 3. The van der Waals surface area contributed by atoms with E-state index in [9.17, 15) is 14.4 Å². The first-order valence-electron chi connectivity index (χ1n) is 8.18. The fourth-order valence-electron chi connectivity index (χ4n) is 2.74. The van der Waals surface area contributed by atoms with E-state index in [0.29, 0.717) is 16.8 Å². The molecule has 132 valence electrons. The van der Waals surface area contributed by atoms with Gasteiger partial charge >= 0.3 is 5.97 Å². The molecular formula is C20H18N2O4. The molecule has 3 aromatic rings. The van der Waals surface area contributed by atoms with Gasteiger partial charge in [-0.2, -0.15) is 0 Å². The number of fused-ring (bicyclic) bond motifs is 1. The van der Waals surface area contributed by atoms with Crippen LogP contribution in [0.3, 0.4) is 0 Å². The molecule has 6 nitrogen and oxygen atoms in total. The lowest BCUT2D eigenvalue weighted by atomic mass is 10.1. The summed E-state index contributed by atoms with van der Waals surface area (Å²) >= 11 is 0. The molecule has 0 bridgehead atoms. The molecular weight excluding hydrogens is 332 g/mol. The third kappa shape index (κ3) is 3.35. The van der Waals surface area contributed by atoms with E-state index >= 15 is 0 Å². The van der Waals surface area contributed by atoms with Gasteiger partial charge in [-0.15, -0.1) is 0 Å². The van der Waals surface area contributed by atoms with Gasteiger partial charge in [-0.3, -0.25) is 9.59 Å². The number of nitrogens with zero attached hydrogens (tertiary/aromatic N) is 1. The summed E-state index contributed by atoms with van der Waals surface area (Å²) in [7, 11) is 1.82. The summed E-state index contributed by atoms with van der Waals surface area (Å²) in [6.45, 7) is 2.02. The number of ketones is 1. The van der Waals surface area contributed by atoms with E-state index < -0.39 is 17.7 Å². The van der Waals surface area contributed by atoms with Gasteiger partial charge in [0.2, 0.25) is 0 Å². The van der Waals surface area contributed by atoms with Gasteiger partial charge < -0.3 is 14.6 Å². The van der Waals surface area contributed by atoms with Crippen molar-refractivity contribution in [2.45, 2.75) is 6.92 Å². The molecule has 0 spiro atoms. The smallest absolute Gasteiger partial charge is 0.338 e. The number of esters is 1. The first kappa shape index (κ1) is 17.4. The molecule has 6 heteroatoms. The van der Waals surface area contributed by atoms with Crippen molar-refractivity contribution < 1.29 is 19.1 Å². The van der Waals surface area contributed by atoms with Crippen molar-refractivity contribution in [1.82, 2.24) is 4.57 Å². The molecule has 2 aromatic carbocycles. The molecule has 0 aliphatic heterocycles. The van der Waals surface area contributed by atoms with Crippen LogP contribution in [-0.4, -0.2) is 28.8 Å². The van der Waals surface area contributed by atoms with Crippen LogP contribution in [0.5, 0.6) is 0 Å². The van der Waals surface area contributed by atoms with Crippen LogP contribution in [0.1, 0.15) is 27.6 Å². The van der Waals surface area contributed by atoms with Crippen LogP contribution in [-0.2, 0) is 16.6 Å². The van der Waals surface area contributed by atoms with Crippen molar-refractivity contribution in [3.63, 3.8) is 0 Å². The molecule has 0 radical (unpaired) electrons. The van der Waals surface area contributed by atoms with E-state index in [4.69, 9.17) is 4.74 Å². The number of para-hydroxylation sites is 1. The molecule has 1 aromatic heterocycles. The van der Waals surface area contributed by atoms with E-state index in [2.05, 4.69) is 5.32 Å². The molecule has 1 heterocycles. The lowest BCUT2D eigenvalue weighted by molar-refractivity contribution is -0.112. The van der Waals surface area contributed by atoms with Crippen molar-refractivity contribution in [1.29, 1.82) is 0 Å². The normalized spacial score (nSPS) is 10.5. The van der Waals surface area contributed by atoms with Crippen molar-refractivity contribution >= 4 is 34.3 Å². The number of rotatable bonds is 5. The van der Waals surface area contributed by atoms with Crippen molar-refractivity contribution in [2.24, 2.45) is 7.05 Å². The van der Waals surface area contributed by atoms with E-state index in [0.717, 1.165) is 10.9 Å². The number of hydrogen-bond donors (Lipinski definition) is 1. The van der Waals surface area contributed by atoms with Crippen molar-refractivity contribution in [2.75, 3.05) is 11.9 Å². The maximum atomic E-state index is 12.5. The molecule has 0 atom stereocenters. The second-order valence-corrected chi connectivity index (χ2v) is 5.75. The SMILES string of the molecule is CCOC(=O)c1ccc(NC(=O)C(=O)c2cn(C)c3ccccc23)cc1. The highest BCUT2D eigenvalue weighted by Crippen LogP contribution is 2.21. The van der Waals surface area contributed by atoms with Gasteiger partial charge in [-0.25, -0.2) is 4.79 Å². The predicted octanol–water partition coefficient (Wildman–Crippen LogP) is 3.18. The largest absolute Gasteiger partial charge is 0.462 e. The number of anilines is 1. The molecule has 1 amide bonds. The third-order valence-electron chi connectivity index (χ3n) is 4.00. The first-order valence-corrected chi connectivity index (χ1v) is 8.18. The van der Waals surface area contributed by atoms with Gasteiger partial charge in [0.05, 0.1) is 17.7 Å². The zero-order valence-electron chi connectivity index (χ0n) is 14.5. The zero-order chi connectivity index (χ0) is 18.7. The van der Waals surface area contributed by atoms with E-state index in [-0.39, 0.29) is 6.61 Å². The van der Waals surface area contributed by atoms with Crippen LogP contribution in [0.4, 0.5) is 5.69 Å². The number of aryl methyl sites for hydroxylation is 1. The van der Waals surface area contributed by atoms with Crippen LogP contribution in [0.15, 0.2) is 54.7 Å². The summed E-state index contributed by atoms with van der Waals surface area (Å²) < 4.78 is 6.71. The van der Waals surface area contributed by atoms with Crippen LogP contribution in [0.25, 0.3) is 10.9 Å². The van der Waals surface area contributed by atoms with Crippen LogP contribution in [0.2, 0.25) is 0 Å². The Morgan fingerprint density at radius 1 is 1.04 bits per heavy atom. The summed E-state index contributed by atoms with van der Waals surface area (Å²) in [5.74, 6) is -1.78. The molecule has 1 N–H and O–H groups in total. The maximum Gasteiger partial charge on any atom is 0.338 e. The Labute approximate surface area is 150 Å². The molecule has 0 fully saturated rings. The van der Waals surface area contributed by atoms with Gasteiger partial charge in [0.1, 0.15) is 0 Å². The number of benzene rings is 2. The summed E-state index contributed by atoms with van der Waals surface area (Å²) in [5, 5.41) is 3.29. The van der Waals surface area contributed by atoms with E-state index in [1.807, 2.05) is 35.9 Å². The minimum absolute atomic E-state index is 0.289. The minimum Gasteiger partial charge on any atom is -0.462 e. The summed E-state index contributed by atoms with van der Waals surface area (Å²) in [4.78, 5) is 36.5. The molecule has 26 heavy (non-hydrogen) atoms. The highest BCUT2D eigenvalue weighted by Gasteiger charge is 2.21. The zero-order valence-corrected chi connectivity index (χ0v) is 14.5. The van der Waals surface area contributed by atoms with E-state index in [1.165, 1.54) is 12.1 Å². The van der Waals surface area contributed by atoms with Gasteiger partial charge in [0, 0.05) is 29.8 Å². The topological polar surface area (TPSA) is 77.4 Å². The summed E-state index contributed by atoms with van der Waals surface area (Å²) in [6, 6.07) is 13.6. The number of carbonyl (C=O) groups excluding carboxylic acids is 3. The lowest BCUT2D eigenvalue weighted by Crippen LogP contribution is -2.22. The number of nitrogens with one attached hydrogen (secondary N) is 1. The van der Waals surface area contributed by atoms with Crippen LogP contribution < -0.4 is 5.32 Å². The molecule has 0 aliphatic rings. The fourth-order valence-corrected chi connectivity index (χ4v) is 2.74. The average molecular weight is 350 g/mol. The van der Waals surface area contributed by atoms with Gasteiger partial charge in [0.15, 0.2) is 0 Å². The molecule has 0 unspecified atom stereocenters. The predicted molar refractivity (Wildman–Crippen MR) is 98.3 cm³/mol. The summed E-state index contributed by atoms with van der Waals surface area (Å²) in [5.41, 5.74) is 2.04. The number of aromatic nitrogens is 1. The Morgan fingerprint density at radius 3 is 2.42 bits per heavy atom.